The van der Waals surface area contributed by atoms with E-state index in [4.69, 9.17) is 11.5 Å². The molecular weight excluding hydrogens is 214 g/mol. The molecule has 0 radical (unpaired) electrons. The van der Waals surface area contributed by atoms with Crippen LogP contribution in [0.2, 0.25) is 0 Å². The van der Waals surface area contributed by atoms with Crippen LogP contribution in [0.3, 0.4) is 0 Å². The Bertz CT molecular complexity index is 361. The van der Waals surface area contributed by atoms with E-state index in [1.807, 2.05) is 26.1 Å². The van der Waals surface area contributed by atoms with Crippen LogP contribution in [0.4, 0.5) is 0 Å². The molecular formula is C13H21N3O. The van der Waals surface area contributed by atoms with Crippen LogP contribution in [0.1, 0.15) is 18.1 Å². The molecule has 1 atom stereocenters. The SMILES string of the molecule is CC(CN(C)Cc1ccc(CN)cc1)C(N)=O. The molecule has 0 bridgehead atoms. The molecule has 1 aromatic rings. The predicted octanol–water partition coefficient (Wildman–Crippen LogP) is 0.699. The fraction of sp³-hybridized carbons (Fsp3) is 0.462. The number of rotatable bonds is 6. The van der Waals surface area contributed by atoms with Gasteiger partial charge in [0.25, 0.3) is 0 Å². The Morgan fingerprint density at radius 2 is 1.82 bits per heavy atom. The second-order valence-electron chi connectivity index (χ2n) is 4.52. The summed E-state index contributed by atoms with van der Waals surface area (Å²) in [5.41, 5.74) is 13.1. The van der Waals surface area contributed by atoms with E-state index in [9.17, 15) is 4.79 Å². The van der Waals surface area contributed by atoms with Crippen LogP contribution < -0.4 is 11.5 Å². The number of nitrogens with two attached hydrogens (primary N) is 2. The molecule has 94 valence electrons. The lowest BCUT2D eigenvalue weighted by Gasteiger charge is -2.19. The normalized spacial score (nSPS) is 12.7. The molecule has 0 fully saturated rings. The number of benzene rings is 1. The third kappa shape index (κ3) is 4.54. The van der Waals surface area contributed by atoms with Crippen molar-refractivity contribution in [2.45, 2.75) is 20.0 Å². The van der Waals surface area contributed by atoms with Crippen LogP contribution in [0.25, 0.3) is 0 Å². The van der Waals surface area contributed by atoms with Gasteiger partial charge in [-0.15, -0.1) is 0 Å². The zero-order chi connectivity index (χ0) is 12.8. The van der Waals surface area contributed by atoms with Crippen LogP contribution in [-0.4, -0.2) is 24.4 Å². The highest BCUT2D eigenvalue weighted by molar-refractivity contribution is 5.76. The van der Waals surface area contributed by atoms with Gasteiger partial charge in [0.05, 0.1) is 0 Å². The fourth-order valence-electron chi connectivity index (χ4n) is 1.71. The molecule has 17 heavy (non-hydrogen) atoms. The first kappa shape index (κ1) is 13.7. The molecule has 0 aliphatic rings. The van der Waals surface area contributed by atoms with Gasteiger partial charge >= 0.3 is 0 Å². The molecule has 4 heteroatoms. The largest absolute Gasteiger partial charge is 0.369 e. The van der Waals surface area contributed by atoms with Crippen molar-refractivity contribution in [3.05, 3.63) is 35.4 Å². The lowest BCUT2D eigenvalue weighted by atomic mass is 10.1. The van der Waals surface area contributed by atoms with E-state index in [0.29, 0.717) is 13.1 Å². The van der Waals surface area contributed by atoms with E-state index in [2.05, 4.69) is 17.0 Å². The monoisotopic (exact) mass is 235 g/mol. The van der Waals surface area contributed by atoms with Gasteiger partial charge in [0.2, 0.25) is 5.91 Å². The molecule has 1 amide bonds. The zero-order valence-electron chi connectivity index (χ0n) is 10.5. The first-order valence-electron chi connectivity index (χ1n) is 5.78. The van der Waals surface area contributed by atoms with Gasteiger partial charge in [-0.1, -0.05) is 31.2 Å². The molecule has 0 saturated carbocycles. The average molecular weight is 235 g/mol. The third-order valence-electron chi connectivity index (χ3n) is 2.78. The van der Waals surface area contributed by atoms with Gasteiger partial charge in [0.15, 0.2) is 0 Å². The number of nitrogens with zero attached hydrogens (tertiary/aromatic N) is 1. The molecule has 4 nitrogen and oxygen atoms in total. The standard InChI is InChI=1S/C13H21N3O/c1-10(13(15)17)8-16(2)9-12-5-3-11(7-14)4-6-12/h3-6,10H,7-9,14H2,1-2H3,(H2,15,17). The van der Waals surface area contributed by atoms with Crippen molar-refractivity contribution in [1.82, 2.24) is 4.90 Å². The third-order valence-corrected chi connectivity index (χ3v) is 2.78. The van der Waals surface area contributed by atoms with E-state index in [0.717, 1.165) is 12.1 Å². The van der Waals surface area contributed by atoms with E-state index >= 15 is 0 Å². The number of hydrogen-bond donors (Lipinski definition) is 2. The number of carbonyl (C=O) groups is 1. The van der Waals surface area contributed by atoms with Crippen molar-refractivity contribution in [3.63, 3.8) is 0 Å². The number of hydrogen-bond acceptors (Lipinski definition) is 3. The first-order chi connectivity index (χ1) is 8.02. The summed E-state index contributed by atoms with van der Waals surface area (Å²) in [7, 11) is 1.98. The van der Waals surface area contributed by atoms with Crippen LogP contribution in [0.5, 0.6) is 0 Å². The second kappa shape index (κ2) is 6.37. The smallest absolute Gasteiger partial charge is 0.221 e. The Labute approximate surface area is 103 Å². The van der Waals surface area contributed by atoms with E-state index < -0.39 is 0 Å². The van der Waals surface area contributed by atoms with Gasteiger partial charge in [-0.25, -0.2) is 0 Å². The molecule has 0 spiro atoms. The number of primary amides is 1. The topological polar surface area (TPSA) is 72.3 Å². The molecule has 0 saturated heterocycles. The Balaban J connectivity index is 2.49. The quantitative estimate of drug-likeness (QED) is 0.762. The highest BCUT2D eigenvalue weighted by Crippen LogP contribution is 2.07. The molecule has 1 unspecified atom stereocenters. The molecule has 0 aliphatic heterocycles. The van der Waals surface area contributed by atoms with Crippen molar-refractivity contribution < 1.29 is 4.79 Å². The molecule has 0 aliphatic carbocycles. The highest BCUT2D eigenvalue weighted by Gasteiger charge is 2.11. The summed E-state index contributed by atoms with van der Waals surface area (Å²) in [6.45, 7) is 3.89. The number of carbonyl (C=O) groups excluding carboxylic acids is 1. The molecule has 0 heterocycles. The summed E-state index contributed by atoms with van der Waals surface area (Å²) in [6.07, 6.45) is 0. The molecule has 4 N–H and O–H groups in total. The summed E-state index contributed by atoms with van der Waals surface area (Å²) in [5, 5.41) is 0. The molecule has 1 rings (SSSR count). The maximum Gasteiger partial charge on any atom is 0.221 e. The zero-order valence-corrected chi connectivity index (χ0v) is 10.5. The minimum atomic E-state index is -0.254. The van der Waals surface area contributed by atoms with Crippen molar-refractivity contribution in [2.75, 3.05) is 13.6 Å². The van der Waals surface area contributed by atoms with Gasteiger partial charge in [-0.2, -0.15) is 0 Å². The fourth-order valence-corrected chi connectivity index (χ4v) is 1.71. The van der Waals surface area contributed by atoms with Gasteiger partial charge in [0.1, 0.15) is 0 Å². The van der Waals surface area contributed by atoms with E-state index in [-0.39, 0.29) is 11.8 Å². The lowest BCUT2D eigenvalue weighted by molar-refractivity contribution is -0.121. The van der Waals surface area contributed by atoms with Gasteiger partial charge in [-0.05, 0) is 18.2 Å². The maximum atomic E-state index is 11.0. The summed E-state index contributed by atoms with van der Waals surface area (Å²) < 4.78 is 0. The van der Waals surface area contributed by atoms with E-state index in [1.54, 1.807) is 0 Å². The Kier molecular flexibility index (Phi) is 5.12. The summed E-state index contributed by atoms with van der Waals surface area (Å²) >= 11 is 0. The average Bonchev–Trinajstić information content (AvgIpc) is 2.29. The van der Waals surface area contributed by atoms with Crippen LogP contribution in [0.15, 0.2) is 24.3 Å². The van der Waals surface area contributed by atoms with Gasteiger partial charge in [0, 0.05) is 25.6 Å². The Morgan fingerprint density at radius 3 is 2.29 bits per heavy atom. The Hall–Kier alpha value is -1.39. The summed E-state index contributed by atoms with van der Waals surface area (Å²) in [5.74, 6) is -0.376. The van der Waals surface area contributed by atoms with Gasteiger partial charge < -0.3 is 16.4 Å². The van der Waals surface area contributed by atoms with Crippen molar-refractivity contribution in [3.8, 4) is 0 Å². The highest BCUT2D eigenvalue weighted by atomic mass is 16.1. The minimum Gasteiger partial charge on any atom is -0.369 e. The number of amides is 1. The van der Waals surface area contributed by atoms with Crippen LogP contribution in [0, 0.1) is 5.92 Å². The molecule has 0 aromatic heterocycles. The Morgan fingerprint density at radius 1 is 1.29 bits per heavy atom. The second-order valence-corrected chi connectivity index (χ2v) is 4.52. The lowest BCUT2D eigenvalue weighted by Crippen LogP contribution is -2.32. The van der Waals surface area contributed by atoms with Crippen molar-refractivity contribution in [2.24, 2.45) is 17.4 Å². The van der Waals surface area contributed by atoms with Crippen LogP contribution in [-0.2, 0) is 17.9 Å². The predicted molar refractivity (Wildman–Crippen MR) is 69.0 cm³/mol. The maximum absolute atomic E-state index is 11.0. The van der Waals surface area contributed by atoms with Crippen molar-refractivity contribution >= 4 is 5.91 Å². The van der Waals surface area contributed by atoms with Crippen molar-refractivity contribution in [1.29, 1.82) is 0 Å². The summed E-state index contributed by atoms with van der Waals surface area (Å²) in [4.78, 5) is 13.0. The van der Waals surface area contributed by atoms with E-state index in [1.165, 1.54) is 5.56 Å². The minimum absolute atomic E-state index is 0.122. The van der Waals surface area contributed by atoms with Crippen LogP contribution >= 0.6 is 0 Å². The summed E-state index contributed by atoms with van der Waals surface area (Å²) in [6, 6.07) is 8.18. The first-order valence-corrected chi connectivity index (χ1v) is 5.78. The molecule has 1 aromatic carbocycles. The van der Waals surface area contributed by atoms with Gasteiger partial charge in [-0.3, -0.25) is 4.79 Å².